The summed E-state index contributed by atoms with van der Waals surface area (Å²) < 4.78 is 50.3. The molecule has 1 aliphatic carbocycles. The number of aromatic nitrogens is 2. The molecule has 1 aromatic heterocycles. The summed E-state index contributed by atoms with van der Waals surface area (Å²) in [6.07, 6.45) is 5.44. The first kappa shape index (κ1) is 24.5. The minimum absolute atomic E-state index is 0.283. The summed E-state index contributed by atoms with van der Waals surface area (Å²) in [6.45, 7) is 6.53. The maximum atomic E-state index is 13.8. The van der Waals surface area contributed by atoms with E-state index in [4.69, 9.17) is 4.74 Å². The van der Waals surface area contributed by atoms with Gasteiger partial charge in [-0.2, -0.15) is 9.40 Å². The SMILES string of the molecule is Cc1ccccc1S(=O)(=O)N1CCC2=Cc3c(cnn3-c3ccc(F)cc3)CC2(CN2CCOCC2)C1. The summed E-state index contributed by atoms with van der Waals surface area (Å²) in [5, 5.41) is 4.64. The standard InChI is InChI=1S/C28H31FN4O3S/c1-21-4-2-3-5-27(21)37(34,35)32-11-10-23-16-26-22(18-30-33(26)25-8-6-24(29)7-9-25)17-28(23,20-32)19-31-12-14-36-15-13-31/h2-9,16,18H,10-15,17,19-20H2,1H3. The average Bonchev–Trinajstić information content (AvgIpc) is 3.30. The number of piperidine rings is 1. The Morgan fingerprint density at radius 1 is 1.05 bits per heavy atom. The Balaban J connectivity index is 1.39. The molecule has 37 heavy (non-hydrogen) atoms. The van der Waals surface area contributed by atoms with E-state index in [1.165, 1.54) is 17.7 Å². The van der Waals surface area contributed by atoms with E-state index < -0.39 is 10.0 Å². The van der Waals surface area contributed by atoms with Crippen LogP contribution in [0.3, 0.4) is 0 Å². The Bertz CT molecular complexity index is 1440. The molecule has 7 nitrogen and oxygen atoms in total. The molecule has 1 atom stereocenters. The van der Waals surface area contributed by atoms with E-state index in [2.05, 4.69) is 16.1 Å². The third-order valence-electron chi connectivity index (χ3n) is 7.93. The molecule has 0 amide bonds. The van der Waals surface area contributed by atoms with Gasteiger partial charge in [-0.15, -0.1) is 0 Å². The summed E-state index contributed by atoms with van der Waals surface area (Å²) in [4.78, 5) is 2.78. The van der Waals surface area contributed by atoms with Crippen molar-refractivity contribution in [3.8, 4) is 5.69 Å². The van der Waals surface area contributed by atoms with E-state index in [-0.39, 0.29) is 11.2 Å². The normalized spacial score (nSPS) is 22.8. The molecular formula is C28H31FN4O3S. The first-order valence-corrected chi connectivity index (χ1v) is 14.2. The molecule has 6 rings (SSSR count). The molecule has 2 aromatic carbocycles. The minimum Gasteiger partial charge on any atom is -0.379 e. The lowest BCUT2D eigenvalue weighted by Crippen LogP contribution is -2.55. The van der Waals surface area contributed by atoms with Crippen molar-refractivity contribution in [3.63, 3.8) is 0 Å². The fourth-order valence-corrected chi connectivity index (χ4v) is 7.76. The van der Waals surface area contributed by atoms with Gasteiger partial charge < -0.3 is 4.74 Å². The van der Waals surface area contributed by atoms with Crippen LogP contribution in [0.1, 0.15) is 23.2 Å². The van der Waals surface area contributed by atoms with Crippen LogP contribution in [0.4, 0.5) is 4.39 Å². The summed E-state index contributed by atoms with van der Waals surface area (Å²) in [6, 6.07) is 13.6. The number of hydrogen-bond donors (Lipinski definition) is 0. The van der Waals surface area contributed by atoms with Crippen LogP contribution in [-0.2, 0) is 21.2 Å². The Labute approximate surface area is 217 Å². The molecule has 2 saturated heterocycles. The van der Waals surface area contributed by atoms with Gasteiger partial charge >= 0.3 is 0 Å². The fraction of sp³-hybridized carbons (Fsp3) is 0.393. The number of fused-ring (bicyclic) bond motifs is 2. The van der Waals surface area contributed by atoms with E-state index in [1.807, 2.05) is 29.9 Å². The van der Waals surface area contributed by atoms with Crippen molar-refractivity contribution in [2.24, 2.45) is 5.41 Å². The molecule has 2 fully saturated rings. The van der Waals surface area contributed by atoms with Crippen molar-refractivity contribution in [1.29, 1.82) is 0 Å². The zero-order chi connectivity index (χ0) is 25.6. The third-order valence-corrected chi connectivity index (χ3v) is 9.93. The molecule has 0 radical (unpaired) electrons. The van der Waals surface area contributed by atoms with Crippen LogP contribution >= 0.6 is 0 Å². The van der Waals surface area contributed by atoms with Crippen molar-refractivity contribution in [2.75, 3.05) is 45.9 Å². The van der Waals surface area contributed by atoms with Crippen molar-refractivity contribution in [2.45, 2.75) is 24.7 Å². The topological polar surface area (TPSA) is 67.7 Å². The highest BCUT2D eigenvalue weighted by Gasteiger charge is 2.47. The smallest absolute Gasteiger partial charge is 0.243 e. The summed E-state index contributed by atoms with van der Waals surface area (Å²) in [5.74, 6) is -0.283. The molecule has 3 aromatic rings. The molecule has 2 aliphatic heterocycles. The van der Waals surface area contributed by atoms with Gasteiger partial charge in [0.15, 0.2) is 0 Å². The summed E-state index contributed by atoms with van der Waals surface area (Å²) >= 11 is 0. The predicted molar refractivity (Wildman–Crippen MR) is 139 cm³/mol. The minimum atomic E-state index is -3.63. The highest BCUT2D eigenvalue weighted by atomic mass is 32.2. The van der Waals surface area contributed by atoms with Crippen LogP contribution in [0, 0.1) is 18.2 Å². The number of ether oxygens (including phenoxy) is 1. The number of rotatable bonds is 5. The summed E-state index contributed by atoms with van der Waals surface area (Å²) in [5.41, 5.74) is 4.55. The molecule has 194 valence electrons. The van der Waals surface area contributed by atoms with Gasteiger partial charge in [0.2, 0.25) is 10.0 Å². The maximum absolute atomic E-state index is 13.8. The lowest BCUT2D eigenvalue weighted by Gasteiger charge is -2.48. The number of morpholine rings is 1. The molecule has 3 heterocycles. The van der Waals surface area contributed by atoms with Crippen molar-refractivity contribution < 1.29 is 17.5 Å². The predicted octanol–water partition coefficient (Wildman–Crippen LogP) is 3.67. The number of sulfonamides is 1. The first-order chi connectivity index (χ1) is 17.9. The van der Waals surface area contributed by atoms with Crippen LogP contribution < -0.4 is 0 Å². The molecule has 3 aliphatic rings. The number of halogens is 1. The molecular weight excluding hydrogens is 491 g/mol. The second-order valence-corrected chi connectivity index (χ2v) is 12.2. The largest absolute Gasteiger partial charge is 0.379 e. The zero-order valence-corrected chi connectivity index (χ0v) is 21.8. The number of benzene rings is 2. The Hall–Kier alpha value is -2.85. The lowest BCUT2D eigenvalue weighted by atomic mass is 9.68. The summed E-state index contributed by atoms with van der Waals surface area (Å²) in [7, 11) is -3.63. The van der Waals surface area contributed by atoms with Crippen molar-refractivity contribution >= 4 is 16.1 Å². The highest BCUT2D eigenvalue weighted by Crippen LogP contribution is 2.46. The zero-order valence-electron chi connectivity index (χ0n) is 20.9. The second kappa shape index (κ2) is 9.47. The van der Waals surface area contributed by atoms with Crippen LogP contribution in [0.5, 0.6) is 0 Å². The lowest BCUT2D eigenvalue weighted by molar-refractivity contribution is 0.0153. The highest BCUT2D eigenvalue weighted by molar-refractivity contribution is 7.89. The van der Waals surface area contributed by atoms with Gasteiger partial charge in [-0.1, -0.05) is 23.8 Å². The first-order valence-electron chi connectivity index (χ1n) is 12.8. The Morgan fingerprint density at radius 2 is 1.81 bits per heavy atom. The molecule has 1 unspecified atom stereocenters. The van der Waals surface area contributed by atoms with Crippen LogP contribution in [0.2, 0.25) is 0 Å². The molecule has 0 saturated carbocycles. The third kappa shape index (κ3) is 4.44. The van der Waals surface area contributed by atoms with Gasteiger partial charge in [0.25, 0.3) is 0 Å². The van der Waals surface area contributed by atoms with Gasteiger partial charge in [-0.3, -0.25) is 4.90 Å². The van der Waals surface area contributed by atoms with Crippen LogP contribution in [0.25, 0.3) is 11.8 Å². The van der Waals surface area contributed by atoms with Gasteiger partial charge in [0.1, 0.15) is 5.82 Å². The second-order valence-electron chi connectivity index (χ2n) is 10.3. The monoisotopic (exact) mass is 522 g/mol. The van der Waals surface area contributed by atoms with Gasteiger partial charge in [0, 0.05) is 38.1 Å². The fourth-order valence-electron chi connectivity index (χ4n) is 6.01. The van der Waals surface area contributed by atoms with Gasteiger partial charge in [-0.25, -0.2) is 17.5 Å². The molecule has 9 heteroatoms. The number of aryl methyl sites for hydroxylation is 1. The number of hydrogen-bond acceptors (Lipinski definition) is 5. The van der Waals surface area contributed by atoms with Crippen LogP contribution in [0.15, 0.2) is 65.2 Å². The van der Waals surface area contributed by atoms with E-state index in [9.17, 15) is 12.8 Å². The Kier molecular flexibility index (Phi) is 6.27. The quantitative estimate of drug-likeness (QED) is 0.512. The molecule has 0 N–H and O–H groups in total. The van der Waals surface area contributed by atoms with Gasteiger partial charge in [-0.05, 0) is 67.3 Å². The van der Waals surface area contributed by atoms with Gasteiger partial charge in [0.05, 0.1) is 35.7 Å². The van der Waals surface area contributed by atoms with E-state index in [0.29, 0.717) is 44.0 Å². The van der Waals surface area contributed by atoms with Crippen LogP contribution in [-0.4, -0.2) is 73.3 Å². The van der Waals surface area contributed by atoms with Crippen molar-refractivity contribution in [3.05, 3.63) is 82.9 Å². The Morgan fingerprint density at radius 3 is 2.57 bits per heavy atom. The van der Waals surface area contributed by atoms with E-state index in [1.54, 1.807) is 28.6 Å². The van der Waals surface area contributed by atoms with E-state index in [0.717, 1.165) is 42.1 Å². The molecule has 0 bridgehead atoms. The van der Waals surface area contributed by atoms with E-state index >= 15 is 0 Å². The number of nitrogens with zero attached hydrogens (tertiary/aromatic N) is 4. The average molecular weight is 523 g/mol. The maximum Gasteiger partial charge on any atom is 0.243 e. The van der Waals surface area contributed by atoms with Crippen molar-refractivity contribution in [1.82, 2.24) is 19.0 Å². The molecule has 0 spiro atoms.